The van der Waals surface area contributed by atoms with Crippen molar-refractivity contribution >= 4 is 49.8 Å². The molecule has 1 aliphatic heterocycles. The van der Waals surface area contributed by atoms with Crippen LogP contribution >= 0.6 is 11.3 Å². The summed E-state index contributed by atoms with van der Waals surface area (Å²) in [5.74, 6) is -1.15. The van der Waals surface area contributed by atoms with E-state index in [0.29, 0.717) is 34.4 Å². The predicted octanol–water partition coefficient (Wildman–Crippen LogP) is 6.28. The van der Waals surface area contributed by atoms with Crippen LogP contribution in [0.4, 0.5) is 5.13 Å². The largest absolute Gasteiger partial charge is 0.505 e. The van der Waals surface area contributed by atoms with Gasteiger partial charge in [0.1, 0.15) is 17.1 Å². The fraction of sp³-hybridized carbons (Fsp3) is 0.226. The Bertz CT molecular complexity index is 1830. The Balaban J connectivity index is 1.55. The van der Waals surface area contributed by atoms with Gasteiger partial charge in [-0.15, -0.1) is 0 Å². The standard InChI is InChI=1S/C31H28N4O4S/c1-5-15-39-21-11-9-20(10-12-21)26-24(27(36)25-19(4)34-14-6-7-18(3)29(34)33-25)28(37)30(38)35(26)31-32-22-13-8-17(2)16-23(22)40-31/h6-14,16,26,36H,5,15H2,1-4H3. The van der Waals surface area contributed by atoms with E-state index in [-0.39, 0.29) is 17.0 Å². The summed E-state index contributed by atoms with van der Waals surface area (Å²) in [6.45, 7) is 8.36. The Hall–Kier alpha value is -4.50. The molecule has 1 amide bonds. The monoisotopic (exact) mass is 552 g/mol. The third kappa shape index (κ3) is 4.14. The molecule has 1 aliphatic rings. The lowest BCUT2D eigenvalue weighted by Gasteiger charge is -2.23. The third-order valence-electron chi connectivity index (χ3n) is 7.16. The number of pyridine rings is 1. The number of anilines is 1. The number of carbonyl (C=O) groups excluding carboxylic acids is 2. The number of fused-ring (bicyclic) bond motifs is 2. The number of nitrogens with zero attached hydrogens (tertiary/aromatic N) is 4. The second-order valence-electron chi connectivity index (χ2n) is 9.98. The minimum absolute atomic E-state index is 0.0215. The molecule has 0 saturated carbocycles. The number of aryl methyl sites for hydroxylation is 3. The minimum atomic E-state index is -0.896. The zero-order valence-corrected chi connectivity index (χ0v) is 23.5. The van der Waals surface area contributed by atoms with Crippen LogP contribution in [0.25, 0.3) is 21.6 Å². The van der Waals surface area contributed by atoms with Gasteiger partial charge < -0.3 is 14.2 Å². The van der Waals surface area contributed by atoms with Crippen LogP contribution in [0.15, 0.2) is 66.4 Å². The van der Waals surface area contributed by atoms with Crippen LogP contribution in [0.1, 0.15) is 47.5 Å². The zero-order valence-electron chi connectivity index (χ0n) is 22.6. The van der Waals surface area contributed by atoms with Crippen LogP contribution < -0.4 is 9.64 Å². The van der Waals surface area contributed by atoms with Crippen molar-refractivity contribution in [2.24, 2.45) is 0 Å². The molecule has 40 heavy (non-hydrogen) atoms. The lowest BCUT2D eigenvalue weighted by Crippen LogP contribution is -2.29. The topological polar surface area (TPSA) is 97.0 Å². The number of hydrogen-bond donors (Lipinski definition) is 1. The first-order valence-electron chi connectivity index (χ1n) is 13.1. The molecule has 9 heteroatoms. The number of aromatic nitrogens is 3. The predicted molar refractivity (Wildman–Crippen MR) is 156 cm³/mol. The van der Waals surface area contributed by atoms with Gasteiger partial charge in [0.25, 0.3) is 5.78 Å². The van der Waals surface area contributed by atoms with Crippen molar-refractivity contribution < 1.29 is 19.4 Å². The van der Waals surface area contributed by atoms with E-state index in [0.717, 1.165) is 27.8 Å². The minimum Gasteiger partial charge on any atom is -0.505 e. The molecule has 1 fully saturated rings. The van der Waals surface area contributed by atoms with Crippen molar-refractivity contribution in [1.29, 1.82) is 0 Å². The number of rotatable bonds is 6. The molecule has 4 heterocycles. The molecular formula is C31H28N4O4S. The van der Waals surface area contributed by atoms with Crippen LogP contribution in [0.5, 0.6) is 5.75 Å². The van der Waals surface area contributed by atoms with Crippen molar-refractivity contribution in [1.82, 2.24) is 14.4 Å². The number of ether oxygens (including phenoxy) is 1. The molecule has 0 bridgehead atoms. The highest BCUT2D eigenvalue weighted by Gasteiger charge is 2.48. The molecule has 2 aromatic carbocycles. The highest BCUT2D eigenvalue weighted by molar-refractivity contribution is 7.22. The SMILES string of the molecule is CCCOc1ccc(C2C(=C(O)c3nc4c(C)cccn4c3C)C(=O)C(=O)N2c2nc3ccc(C)cc3s2)cc1. The van der Waals surface area contributed by atoms with Gasteiger partial charge in [-0.2, -0.15) is 0 Å². The average molecular weight is 553 g/mol. The maximum Gasteiger partial charge on any atom is 0.301 e. The first kappa shape index (κ1) is 25.8. The first-order valence-corrected chi connectivity index (χ1v) is 14.0. The summed E-state index contributed by atoms with van der Waals surface area (Å²) in [5.41, 5.74) is 4.97. The van der Waals surface area contributed by atoms with E-state index in [1.807, 2.05) is 92.9 Å². The third-order valence-corrected chi connectivity index (χ3v) is 8.18. The zero-order chi connectivity index (χ0) is 28.1. The maximum atomic E-state index is 13.7. The Morgan fingerprint density at radius 1 is 1.05 bits per heavy atom. The summed E-state index contributed by atoms with van der Waals surface area (Å²) < 4.78 is 8.52. The molecule has 0 aliphatic carbocycles. The van der Waals surface area contributed by atoms with Crippen molar-refractivity contribution in [2.75, 3.05) is 11.5 Å². The normalized spacial score (nSPS) is 16.9. The summed E-state index contributed by atoms with van der Waals surface area (Å²) in [6.07, 6.45) is 2.73. The van der Waals surface area contributed by atoms with Crippen LogP contribution in [0, 0.1) is 20.8 Å². The van der Waals surface area contributed by atoms with Crippen molar-refractivity contribution in [3.63, 3.8) is 0 Å². The molecule has 1 unspecified atom stereocenters. The van der Waals surface area contributed by atoms with Gasteiger partial charge in [-0.1, -0.05) is 42.5 Å². The lowest BCUT2D eigenvalue weighted by molar-refractivity contribution is -0.132. The molecule has 6 rings (SSSR count). The van der Waals surface area contributed by atoms with Crippen LogP contribution in [0.2, 0.25) is 0 Å². The molecular weight excluding hydrogens is 524 g/mol. The van der Waals surface area contributed by atoms with Gasteiger partial charge in [0, 0.05) is 6.20 Å². The summed E-state index contributed by atoms with van der Waals surface area (Å²) in [7, 11) is 0. The van der Waals surface area contributed by atoms with Crippen LogP contribution in [0.3, 0.4) is 0 Å². The van der Waals surface area contributed by atoms with Gasteiger partial charge >= 0.3 is 5.91 Å². The number of aliphatic hydroxyl groups is 1. The number of carbonyl (C=O) groups is 2. The van der Waals surface area contributed by atoms with Crippen molar-refractivity contribution in [2.45, 2.75) is 40.2 Å². The molecule has 202 valence electrons. The van der Waals surface area contributed by atoms with Gasteiger partial charge in [0.15, 0.2) is 10.9 Å². The average Bonchev–Trinajstić information content (AvgIpc) is 3.60. The number of imidazole rings is 1. The van der Waals surface area contributed by atoms with E-state index in [9.17, 15) is 14.7 Å². The number of amides is 1. The summed E-state index contributed by atoms with van der Waals surface area (Å²) >= 11 is 1.34. The Morgan fingerprint density at radius 2 is 1.82 bits per heavy atom. The highest BCUT2D eigenvalue weighted by atomic mass is 32.1. The fourth-order valence-electron chi connectivity index (χ4n) is 5.11. The van der Waals surface area contributed by atoms with Crippen molar-refractivity contribution in [3.05, 3.63) is 94.4 Å². The fourth-order valence-corrected chi connectivity index (χ4v) is 6.20. The van der Waals surface area contributed by atoms with Gasteiger partial charge in [-0.3, -0.25) is 14.5 Å². The smallest absolute Gasteiger partial charge is 0.301 e. The molecule has 0 radical (unpaired) electrons. The molecule has 8 nitrogen and oxygen atoms in total. The first-order chi connectivity index (χ1) is 19.3. The van der Waals surface area contributed by atoms with E-state index >= 15 is 0 Å². The van der Waals surface area contributed by atoms with Crippen LogP contribution in [-0.4, -0.2) is 37.8 Å². The van der Waals surface area contributed by atoms with E-state index in [1.165, 1.54) is 16.2 Å². The Labute approximate surface area is 235 Å². The number of benzene rings is 2. The molecule has 5 aromatic rings. The summed E-state index contributed by atoms with van der Waals surface area (Å²) in [5, 5.41) is 12.1. The number of ketones is 1. The van der Waals surface area contributed by atoms with E-state index < -0.39 is 17.7 Å². The van der Waals surface area contributed by atoms with Gasteiger partial charge in [-0.25, -0.2) is 9.97 Å². The Morgan fingerprint density at radius 3 is 2.55 bits per heavy atom. The number of aliphatic hydroxyl groups excluding tert-OH is 1. The van der Waals surface area contributed by atoms with Gasteiger partial charge in [0.2, 0.25) is 0 Å². The maximum absolute atomic E-state index is 13.7. The van der Waals surface area contributed by atoms with Gasteiger partial charge in [-0.05, 0) is 74.2 Å². The van der Waals surface area contributed by atoms with E-state index in [4.69, 9.17) is 9.72 Å². The number of hydrogen-bond acceptors (Lipinski definition) is 7. The molecule has 1 saturated heterocycles. The van der Waals surface area contributed by atoms with E-state index in [1.54, 1.807) is 0 Å². The van der Waals surface area contributed by atoms with Gasteiger partial charge in [0.05, 0.1) is 34.1 Å². The lowest BCUT2D eigenvalue weighted by atomic mass is 9.96. The summed E-state index contributed by atoms with van der Waals surface area (Å²) in [6, 6.07) is 16.1. The summed E-state index contributed by atoms with van der Waals surface area (Å²) in [4.78, 5) is 38.1. The number of thiazole rings is 1. The second kappa shape index (κ2) is 9.91. The van der Waals surface area contributed by atoms with E-state index in [2.05, 4.69) is 4.98 Å². The molecule has 0 spiro atoms. The Kier molecular flexibility index (Phi) is 6.38. The second-order valence-corrected chi connectivity index (χ2v) is 11.0. The molecule has 3 aromatic heterocycles. The molecule has 1 N–H and O–H groups in total. The highest BCUT2D eigenvalue weighted by Crippen LogP contribution is 2.45. The molecule has 1 atom stereocenters. The van der Waals surface area contributed by atoms with Crippen LogP contribution in [-0.2, 0) is 9.59 Å². The van der Waals surface area contributed by atoms with Crippen molar-refractivity contribution in [3.8, 4) is 5.75 Å². The number of Topliss-reactive ketones (excluding diaryl/α,β-unsaturated/α-hetero) is 1. The quantitative estimate of drug-likeness (QED) is 0.151.